The van der Waals surface area contributed by atoms with Crippen LogP contribution in [0.4, 0.5) is 4.79 Å². The molecule has 0 spiro atoms. The number of nitrogens with one attached hydrogen (secondary N) is 1. The highest BCUT2D eigenvalue weighted by Gasteiger charge is 2.16. The first-order valence-corrected chi connectivity index (χ1v) is 5.93. The Bertz CT molecular complexity index is 319. The predicted molar refractivity (Wildman–Crippen MR) is 67.5 cm³/mol. The summed E-state index contributed by atoms with van der Waals surface area (Å²) >= 11 is 0. The molecule has 110 valence electrons. The Morgan fingerprint density at radius 2 is 2.00 bits per heavy atom. The molecule has 0 bridgehead atoms. The van der Waals surface area contributed by atoms with E-state index in [2.05, 4.69) is 5.32 Å². The Morgan fingerprint density at radius 3 is 2.47 bits per heavy atom. The van der Waals surface area contributed by atoms with E-state index in [-0.39, 0.29) is 25.6 Å². The fourth-order valence-electron chi connectivity index (χ4n) is 1.35. The minimum absolute atomic E-state index is 0.0874. The number of nitrogens with zero attached hydrogens (tertiary/aromatic N) is 1. The number of ether oxygens (including phenoxy) is 1. The van der Waals surface area contributed by atoms with Gasteiger partial charge in [-0.2, -0.15) is 0 Å². The van der Waals surface area contributed by atoms with Gasteiger partial charge in [0.2, 0.25) is 5.91 Å². The molecule has 0 aliphatic rings. The summed E-state index contributed by atoms with van der Waals surface area (Å²) in [6.45, 7) is 3.93. The number of hydrogen-bond acceptors (Lipinski definition) is 4. The second-order valence-corrected chi connectivity index (χ2v) is 4.42. The molecule has 0 heterocycles. The van der Waals surface area contributed by atoms with Crippen molar-refractivity contribution < 1.29 is 24.2 Å². The summed E-state index contributed by atoms with van der Waals surface area (Å²) in [5, 5.41) is 10.9. The van der Waals surface area contributed by atoms with Crippen molar-refractivity contribution in [1.29, 1.82) is 0 Å². The maximum Gasteiger partial charge on any atom is 0.329 e. The number of nitrogens with two attached hydrogens (primary N) is 1. The number of carbonyl (C=O) groups excluding carboxylic acids is 2. The number of carboxylic acid groups (broad SMARTS) is 1. The van der Waals surface area contributed by atoms with Crippen molar-refractivity contribution in [3.05, 3.63) is 0 Å². The van der Waals surface area contributed by atoms with E-state index >= 15 is 0 Å². The van der Waals surface area contributed by atoms with Gasteiger partial charge in [0.15, 0.2) is 0 Å². The van der Waals surface area contributed by atoms with Gasteiger partial charge < -0.3 is 25.8 Å². The van der Waals surface area contributed by atoms with Crippen LogP contribution in [-0.4, -0.2) is 60.8 Å². The van der Waals surface area contributed by atoms with Crippen LogP contribution in [0.2, 0.25) is 0 Å². The molecule has 19 heavy (non-hydrogen) atoms. The molecule has 0 fully saturated rings. The lowest BCUT2D eigenvalue weighted by atomic mass is 10.2. The molecule has 0 radical (unpaired) electrons. The molecule has 0 aliphatic carbocycles. The summed E-state index contributed by atoms with van der Waals surface area (Å²) in [6, 6.07) is -0.425. The predicted octanol–water partition coefficient (Wildman–Crippen LogP) is -0.759. The Hall–Kier alpha value is -1.83. The zero-order chi connectivity index (χ0) is 14.8. The van der Waals surface area contributed by atoms with Gasteiger partial charge in [-0.1, -0.05) is 13.8 Å². The Kier molecular flexibility index (Phi) is 8.27. The van der Waals surface area contributed by atoms with E-state index in [0.717, 1.165) is 0 Å². The molecule has 0 atom stereocenters. The van der Waals surface area contributed by atoms with Gasteiger partial charge in [-0.3, -0.25) is 4.79 Å². The van der Waals surface area contributed by atoms with E-state index in [1.807, 2.05) is 13.8 Å². The van der Waals surface area contributed by atoms with E-state index < -0.39 is 24.5 Å². The van der Waals surface area contributed by atoms with Gasteiger partial charge in [-0.05, 0) is 5.92 Å². The molecular weight excluding hydrogens is 254 g/mol. The number of urea groups is 1. The van der Waals surface area contributed by atoms with E-state index in [1.165, 1.54) is 4.90 Å². The highest BCUT2D eigenvalue weighted by atomic mass is 16.5. The summed E-state index contributed by atoms with van der Waals surface area (Å²) in [4.78, 5) is 34.1. The average Bonchev–Trinajstić information content (AvgIpc) is 2.25. The molecule has 8 heteroatoms. The number of carboxylic acids is 1. The van der Waals surface area contributed by atoms with Crippen LogP contribution in [0.3, 0.4) is 0 Å². The van der Waals surface area contributed by atoms with Crippen molar-refractivity contribution in [2.75, 3.05) is 32.8 Å². The van der Waals surface area contributed by atoms with E-state index in [9.17, 15) is 14.4 Å². The molecule has 0 aromatic rings. The van der Waals surface area contributed by atoms with Gasteiger partial charge >= 0.3 is 12.0 Å². The van der Waals surface area contributed by atoms with Gasteiger partial charge in [0.25, 0.3) is 0 Å². The largest absolute Gasteiger partial charge is 0.480 e. The highest BCUT2D eigenvalue weighted by molar-refractivity contribution is 5.82. The van der Waals surface area contributed by atoms with Crippen molar-refractivity contribution >= 4 is 17.9 Å². The van der Waals surface area contributed by atoms with Crippen LogP contribution in [-0.2, 0) is 14.3 Å². The zero-order valence-corrected chi connectivity index (χ0v) is 11.2. The Balaban J connectivity index is 4.03. The van der Waals surface area contributed by atoms with Crippen molar-refractivity contribution in [2.24, 2.45) is 11.7 Å². The number of rotatable bonds is 9. The molecule has 3 amide bonds. The van der Waals surface area contributed by atoms with Gasteiger partial charge in [0.1, 0.15) is 13.2 Å². The lowest BCUT2D eigenvalue weighted by molar-refractivity contribution is -0.142. The van der Waals surface area contributed by atoms with Gasteiger partial charge in [0.05, 0.1) is 6.61 Å². The van der Waals surface area contributed by atoms with Crippen LogP contribution in [0.1, 0.15) is 13.8 Å². The summed E-state index contributed by atoms with van der Waals surface area (Å²) in [5.41, 5.74) is 5.07. The summed E-state index contributed by atoms with van der Waals surface area (Å²) in [7, 11) is 0. The summed E-state index contributed by atoms with van der Waals surface area (Å²) in [5.74, 6) is -1.45. The number of hydrogen-bond donors (Lipinski definition) is 3. The van der Waals surface area contributed by atoms with Crippen molar-refractivity contribution in [3.63, 3.8) is 0 Å². The lowest BCUT2D eigenvalue weighted by Gasteiger charge is -2.23. The topological polar surface area (TPSA) is 122 Å². The van der Waals surface area contributed by atoms with Crippen molar-refractivity contribution in [1.82, 2.24) is 10.2 Å². The van der Waals surface area contributed by atoms with Crippen LogP contribution < -0.4 is 11.1 Å². The smallest absolute Gasteiger partial charge is 0.329 e. The van der Waals surface area contributed by atoms with Crippen molar-refractivity contribution in [2.45, 2.75) is 13.8 Å². The molecule has 0 unspecified atom stereocenters. The number of primary amides is 1. The number of amides is 3. The Morgan fingerprint density at radius 1 is 1.37 bits per heavy atom. The number of aliphatic carboxylic acids is 1. The molecule has 0 saturated heterocycles. The molecule has 0 saturated carbocycles. The summed E-state index contributed by atoms with van der Waals surface area (Å²) in [6.07, 6.45) is 0. The first-order chi connectivity index (χ1) is 8.82. The van der Waals surface area contributed by atoms with Crippen LogP contribution in [0.15, 0.2) is 0 Å². The second kappa shape index (κ2) is 9.15. The zero-order valence-electron chi connectivity index (χ0n) is 11.2. The van der Waals surface area contributed by atoms with E-state index in [4.69, 9.17) is 15.6 Å². The van der Waals surface area contributed by atoms with Crippen LogP contribution >= 0.6 is 0 Å². The fourth-order valence-corrected chi connectivity index (χ4v) is 1.35. The standard InChI is InChI=1S/C11H21N3O5/c1-8(2)5-14(6-9(12)15)11(18)13-3-4-19-7-10(16)17/h8H,3-7H2,1-2H3,(H2,12,15)(H,13,18)(H,16,17). The number of carbonyl (C=O) groups is 3. The van der Waals surface area contributed by atoms with Crippen molar-refractivity contribution in [3.8, 4) is 0 Å². The Labute approximate surface area is 111 Å². The quantitative estimate of drug-likeness (QED) is 0.477. The minimum Gasteiger partial charge on any atom is -0.480 e. The third kappa shape index (κ3) is 9.83. The van der Waals surface area contributed by atoms with Crippen LogP contribution in [0, 0.1) is 5.92 Å². The third-order valence-electron chi connectivity index (χ3n) is 1.97. The highest BCUT2D eigenvalue weighted by Crippen LogP contribution is 1.98. The average molecular weight is 275 g/mol. The van der Waals surface area contributed by atoms with E-state index in [1.54, 1.807) is 0 Å². The summed E-state index contributed by atoms with van der Waals surface area (Å²) < 4.78 is 4.76. The monoisotopic (exact) mass is 275 g/mol. The fraction of sp³-hybridized carbons (Fsp3) is 0.727. The minimum atomic E-state index is -1.07. The molecule has 0 aromatic heterocycles. The normalized spacial score (nSPS) is 10.3. The van der Waals surface area contributed by atoms with E-state index in [0.29, 0.717) is 6.54 Å². The first kappa shape index (κ1) is 17.2. The molecule has 0 rings (SSSR count). The first-order valence-electron chi connectivity index (χ1n) is 5.93. The van der Waals surface area contributed by atoms with Crippen LogP contribution in [0.5, 0.6) is 0 Å². The van der Waals surface area contributed by atoms with Gasteiger partial charge in [-0.15, -0.1) is 0 Å². The van der Waals surface area contributed by atoms with Gasteiger partial charge in [-0.25, -0.2) is 9.59 Å². The molecule has 4 N–H and O–H groups in total. The third-order valence-corrected chi connectivity index (χ3v) is 1.97. The van der Waals surface area contributed by atoms with Gasteiger partial charge in [0, 0.05) is 13.1 Å². The maximum atomic E-state index is 11.7. The SMILES string of the molecule is CC(C)CN(CC(N)=O)C(=O)NCCOCC(=O)O. The molecule has 8 nitrogen and oxygen atoms in total. The maximum absolute atomic E-state index is 11.7. The lowest BCUT2D eigenvalue weighted by Crippen LogP contribution is -2.46. The molecular formula is C11H21N3O5. The molecule has 0 aliphatic heterocycles. The second-order valence-electron chi connectivity index (χ2n) is 4.42. The van der Waals surface area contributed by atoms with Crippen LogP contribution in [0.25, 0.3) is 0 Å². The molecule has 0 aromatic carbocycles.